The number of halogens is 1. The molecule has 3 N–H and O–H groups in total. The molecule has 1 fully saturated rings. The number of nitrogens with one attached hydrogen (secondary N) is 2. The molecule has 1 saturated carbocycles. The second-order valence-corrected chi connectivity index (χ2v) is 6.37. The first-order chi connectivity index (χ1) is 9.06. The van der Waals surface area contributed by atoms with E-state index in [9.17, 15) is 9.90 Å². The maximum Gasteiger partial charge on any atom is 0.323 e. The number of hydrogen-bond donors (Lipinski definition) is 3. The van der Waals surface area contributed by atoms with Crippen molar-refractivity contribution in [2.75, 3.05) is 0 Å². The quantitative estimate of drug-likeness (QED) is 0.794. The van der Waals surface area contributed by atoms with E-state index in [-0.39, 0.29) is 5.69 Å². The van der Waals surface area contributed by atoms with E-state index < -0.39 is 6.10 Å². The van der Waals surface area contributed by atoms with E-state index in [0.29, 0.717) is 11.8 Å². The SMILES string of the molecule is CC1CCCC1C(O)c1cc2[nH]c(=O)[nH]c2cc1Br. The molecule has 5 heteroatoms. The van der Waals surface area contributed by atoms with Crippen LogP contribution in [0.2, 0.25) is 0 Å². The number of aromatic nitrogens is 2. The van der Waals surface area contributed by atoms with Crippen LogP contribution in [-0.2, 0) is 0 Å². The molecule has 1 aromatic heterocycles. The normalized spacial score (nSPS) is 25.0. The van der Waals surface area contributed by atoms with Gasteiger partial charge in [-0.25, -0.2) is 4.79 Å². The lowest BCUT2D eigenvalue weighted by Crippen LogP contribution is -2.15. The van der Waals surface area contributed by atoms with E-state index in [1.807, 2.05) is 12.1 Å². The molecule has 3 atom stereocenters. The van der Waals surface area contributed by atoms with Crippen LogP contribution in [0.4, 0.5) is 0 Å². The maximum atomic E-state index is 11.3. The van der Waals surface area contributed by atoms with E-state index in [4.69, 9.17) is 0 Å². The number of imidazole rings is 1. The Morgan fingerprint density at radius 3 is 2.63 bits per heavy atom. The van der Waals surface area contributed by atoms with Gasteiger partial charge in [-0.1, -0.05) is 35.7 Å². The van der Waals surface area contributed by atoms with Crippen LogP contribution < -0.4 is 5.69 Å². The summed E-state index contributed by atoms with van der Waals surface area (Å²) in [6, 6.07) is 3.72. The molecule has 0 saturated heterocycles. The average Bonchev–Trinajstić information content (AvgIpc) is 2.92. The largest absolute Gasteiger partial charge is 0.388 e. The summed E-state index contributed by atoms with van der Waals surface area (Å²) in [7, 11) is 0. The lowest BCUT2D eigenvalue weighted by atomic mass is 9.88. The van der Waals surface area contributed by atoms with Crippen molar-refractivity contribution >= 4 is 27.0 Å². The highest BCUT2D eigenvalue weighted by molar-refractivity contribution is 9.10. The third kappa shape index (κ3) is 2.25. The van der Waals surface area contributed by atoms with Gasteiger partial charge in [-0.2, -0.15) is 0 Å². The number of hydrogen-bond acceptors (Lipinski definition) is 2. The molecule has 0 aliphatic heterocycles. The Balaban J connectivity index is 2.03. The topological polar surface area (TPSA) is 68.9 Å². The summed E-state index contributed by atoms with van der Waals surface area (Å²) in [4.78, 5) is 16.8. The van der Waals surface area contributed by atoms with E-state index in [1.165, 1.54) is 12.8 Å². The van der Waals surface area contributed by atoms with Crippen LogP contribution in [0.3, 0.4) is 0 Å². The summed E-state index contributed by atoms with van der Waals surface area (Å²) in [6.45, 7) is 2.20. The smallest absolute Gasteiger partial charge is 0.323 e. The fourth-order valence-electron chi connectivity index (χ4n) is 3.17. The monoisotopic (exact) mass is 324 g/mol. The van der Waals surface area contributed by atoms with Crippen LogP contribution in [0, 0.1) is 11.8 Å². The Morgan fingerprint density at radius 2 is 2.00 bits per heavy atom. The average molecular weight is 325 g/mol. The second-order valence-electron chi connectivity index (χ2n) is 5.52. The standard InChI is InChI=1S/C14H17BrN2O2/c1-7-3-2-4-8(7)13(18)9-5-11-12(6-10(9)15)17-14(19)16-11/h5-8,13,18H,2-4H2,1H3,(H2,16,17,19). The molecule has 1 heterocycles. The number of aromatic amines is 2. The van der Waals surface area contributed by atoms with Crippen LogP contribution in [-0.4, -0.2) is 15.1 Å². The van der Waals surface area contributed by atoms with Crippen molar-refractivity contribution < 1.29 is 5.11 Å². The first-order valence-corrected chi connectivity index (χ1v) is 7.45. The zero-order chi connectivity index (χ0) is 13.6. The fraction of sp³-hybridized carbons (Fsp3) is 0.500. The fourth-order valence-corrected chi connectivity index (χ4v) is 3.75. The van der Waals surface area contributed by atoms with Gasteiger partial charge in [-0.3, -0.25) is 0 Å². The summed E-state index contributed by atoms with van der Waals surface area (Å²) >= 11 is 3.50. The maximum absolute atomic E-state index is 11.3. The van der Waals surface area contributed by atoms with Crippen molar-refractivity contribution in [2.45, 2.75) is 32.3 Å². The van der Waals surface area contributed by atoms with Crippen molar-refractivity contribution in [3.05, 3.63) is 32.7 Å². The van der Waals surface area contributed by atoms with Crippen molar-refractivity contribution in [3.8, 4) is 0 Å². The van der Waals surface area contributed by atoms with Gasteiger partial charge in [-0.15, -0.1) is 0 Å². The minimum absolute atomic E-state index is 0.220. The Labute approximate surface area is 119 Å². The van der Waals surface area contributed by atoms with Gasteiger partial charge < -0.3 is 15.1 Å². The van der Waals surface area contributed by atoms with Gasteiger partial charge >= 0.3 is 5.69 Å². The van der Waals surface area contributed by atoms with Gasteiger partial charge in [0.2, 0.25) is 0 Å². The lowest BCUT2D eigenvalue weighted by Gasteiger charge is -2.23. The van der Waals surface area contributed by atoms with Crippen LogP contribution >= 0.6 is 15.9 Å². The van der Waals surface area contributed by atoms with Crippen molar-refractivity contribution in [2.24, 2.45) is 11.8 Å². The molecule has 3 unspecified atom stereocenters. The van der Waals surface area contributed by atoms with Crippen molar-refractivity contribution in [1.29, 1.82) is 0 Å². The number of aliphatic hydroxyl groups is 1. The third-order valence-corrected chi connectivity index (χ3v) is 4.97. The molecule has 3 rings (SSSR count). The Bertz CT molecular complexity index is 661. The zero-order valence-electron chi connectivity index (χ0n) is 10.7. The molecular formula is C14H17BrN2O2. The lowest BCUT2D eigenvalue weighted by molar-refractivity contribution is 0.0895. The van der Waals surface area contributed by atoms with Gasteiger partial charge in [0.05, 0.1) is 17.1 Å². The molecule has 0 bridgehead atoms. The predicted molar refractivity (Wildman–Crippen MR) is 78.1 cm³/mol. The molecule has 0 spiro atoms. The Hall–Kier alpha value is -1.07. The molecule has 1 aromatic carbocycles. The molecule has 19 heavy (non-hydrogen) atoms. The number of aliphatic hydroxyl groups excluding tert-OH is 1. The van der Waals surface area contributed by atoms with Crippen LogP contribution in [0.15, 0.2) is 21.4 Å². The van der Waals surface area contributed by atoms with Gasteiger partial charge in [0.25, 0.3) is 0 Å². The summed E-state index contributed by atoms with van der Waals surface area (Å²) < 4.78 is 0.849. The third-order valence-electron chi connectivity index (χ3n) is 4.29. The van der Waals surface area contributed by atoms with E-state index in [0.717, 1.165) is 27.5 Å². The predicted octanol–water partition coefficient (Wildman–Crippen LogP) is 3.09. The van der Waals surface area contributed by atoms with Crippen LogP contribution in [0.25, 0.3) is 11.0 Å². The highest BCUT2D eigenvalue weighted by atomic mass is 79.9. The van der Waals surface area contributed by atoms with Crippen molar-refractivity contribution in [1.82, 2.24) is 9.97 Å². The number of fused-ring (bicyclic) bond motifs is 1. The van der Waals surface area contributed by atoms with E-state index in [1.54, 1.807) is 0 Å². The van der Waals surface area contributed by atoms with Gasteiger partial charge in [0.1, 0.15) is 0 Å². The van der Waals surface area contributed by atoms with Gasteiger partial charge in [0, 0.05) is 4.47 Å². The summed E-state index contributed by atoms with van der Waals surface area (Å²) in [5, 5.41) is 10.6. The number of H-pyrrole nitrogens is 2. The first kappa shape index (κ1) is 12.9. The number of rotatable bonds is 2. The van der Waals surface area contributed by atoms with Gasteiger partial charge in [0.15, 0.2) is 0 Å². The highest BCUT2D eigenvalue weighted by Gasteiger charge is 2.31. The minimum atomic E-state index is -0.477. The van der Waals surface area contributed by atoms with Crippen LogP contribution in [0.1, 0.15) is 37.9 Å². The Morgan fingerprint density at radius 1 is 1.32 bits per heavy atom. The van der Waals surface area contributed by atoms with E-state index >= 15 is 0 Å². The molecule has 4 nitrogen and oxygen atoms in total. The highest BCUT2D eigenvalue weighted by Crippen LogP contribution is 2.42. The summed E-state index contributed by atoms with van der Waals surface area (Å²) in [5.41, 5.74) is 2.14. The summed E-state index contributed by atoms with van der Waals surface area (Å²) in [6.07, 6.45) is 2.96. The molecule has 102 valence electrons. The first-order valence-electron chi connectivity index (χ1n) is 6.66. The summed E-state index contributed by atoms with van der Waals surface area (Å²) in [5.74, 6) is 0.849. The molecule has 1 aliphatic rings. The molecule has 2 aromatic rings. The minimum Gasteiger partial charge on any atom is -0.388 e. The van der Waals surface area contributed by atoms with Gasteiger partial charge in [-0.05, 0) is 36.0 Å². The second kappa shape index (κ2) is 4.80. The van der Waals surface area contributed by atoms with E-state index in [2.05, 4.69) is 32.8 Å². The molecule has 0 radical (unpaired) electrons. The van der Waals surface area contributed by atoms with Crippen molar-refractivity contribution in [3.63, 3.8) is 0 Å². The molecule has 1 aliphatic carbocycles. The molecular weight excluding hydrogens is 308 g/mol. The van der Waals surface area contributed by atoms with Crippen LogP contribution in [0.5, 0.6) is 0 Å². The Kier molecular flexibility index (Phi) is 3.27. The number of benzene rings is 1. The molecule has 0 amide bonds. The zero-order valence-corrected chi connectivity index (χ0v) is 12.3.